The zero-order valence-corrected chi connectivity index (χ0v) is 15.2. The summed E-state index contributed by atoms with van der Waals surface area (Å²) in [7, 11) is 1.51. The van der Waals surface area contributed by atoms with Crippen LogP contribution in [0, 0.1) is 11.6 Å². The van der Waals surface area contributed by atoms with Gasteiger partial charge in [0.1, 0.15) is 11.6 Å². The number of nitrogens with one attached hydrogen (secondary N) is 1. The van der Waals surface area contributed by atoms with Crippen LogP contribution < -0.4 is 5.32 Å². The standard InChI is InChI=1S/C21H20F2N2O3/c1-24-18(11-20(26)27)21(28)25-12-14(16-10-15(22)7-8-17(16)23)9-19(25)13-5-3-2-4-6-13/h2-10,18-19,24H,11-12H2,1H3,(H,26,27)/t18-,19?/m0/s1. The highest BCUT2D eigenvalue weighted by Crippen LogP contribution is 2.36. The predicted molar refractivity (Wildman–Crippen MR) is 100 cm³/mol. The van der Waals surface area contributed by atoms with E-state index in [4.69, 9.17) is 5.11 Å². The van der Waals surface area contributed by atoms with Gasteiger partial charge < -0.3 is 15.3 Å². The van der Waals surface area contributed by atoms with Crippen LogP contribution in [-0.4, -0.2) is 41.5 Å². The molecule has 0 bridgehead atoms. The lowest BCUT2D eigenvalue weighted by Crippen LogP contribution is -2.46. The number of likely N-dealkylation sites (N-methyl/N-ethyl adjacent to an activating group) is 1. The summed E-state index contributed by atoms with van der Waals surface area (Å²) in [6.45, 7) is 0.0521. The highest BCUT2D eigenvalue weighted by Gasteiger charge is 2.35. The van der Waals surface area contributed by atoms with Gasteiger partial charge in [0.25, 0.3) is 0 Å². The van der Waals surface area contributed by atoms with Gasteiger partial charge in [-0.2, -0.15) is 0 Å². The van der Waals surface area contributed by atoms with Gasteiger partial charge in [-0.15, -0.1) is 0 Å². The maximum atomic E-state index is 14.3. The number of halogens is 2. The van der Waals surface area contributed by atoms with E-state index in [0.29, 0.717) is 5.57 Å². The Morgan fingerprint density at radius 1 is 1.21 bits per heavy atom. The van der Waals surface area contributed by atoms with Gasteiger partial charge in [0.15, 0.2) is 0 Å². The molecule has 28 heavy (non-hydrogen) atoms. The van der Waals surface area contributed by atoms with Crippen molar-refractivity contribution in [3.8, 4) is 0 Å². The summed E-state index contributed by atoms with van der Waals surface area (Å²) in [5.41, 5.74) is 1.37. The van der Waals surface area contributed by atoms with Gasteiger partial charge in [0, 0.05) is 12.1 Å². The molecule has 1 amide bonds. The largest absolute Gasteiger partial charge is 0.481 e. The van der Waals surface area contributed by atoms with Crippen LogP contribution in [0.5, 0.6) is 0 Å². The molecule has 1 heterocycles. The fraction of sp³-hybridized carbons (Fsp3) is 0.238. The smallest absolute Gasteiger partial charge is 0.305 e. The number of rotatable bonds is 6. The number of carbonyl (C=O) groups is 2. The third-order valence-electron chi connectivity index (χ3n) is 4.76. The van der Waals surface area contributed by atoms with Crippen molar-refractivity contribution in [1.29, 1.82) is 0 Å². The van der Waals surface area contributed by atoms with E-state index >= 15 is 0 Å². The van der Waals surface area contributed by atoms with Gasteiger partial charge in [-0.25, -0.2) is 8.78 Å². The fourth-order valence-corrected chi connectivity index (χ4v) is 3.36. The van der Waals surface area contributed by atoms with Gasteiger partial charge in [-0.05, 0) is 36.4 Å². The number of aliphatic carboxylic acids is 1. The van der Waals surface area contributed by atoms with Gasteiger partial charge in [0.2, 0.25) is 5.91 Å². The minimum atomic E-state index is -1.10. The highest BCUT2D eigenvalue weighted by molar-refractivity contribution is 5.89. The lowest BCUT2D eigenvalue weighted by Gasteiger charge is -2.28. The zero-order valence-electron chi connectivity index (χ0n) is 15.2. The molecule has 0 fully saturated rings. The van der Waals surface area contributed by atoms with E-state index in [-0.39, 0.29) is 18.5 Å². The van der Waals surface area contributed by atoms with E-state index in [2.05, 4.69) is 5.32 Å². The average molecular weight is 386 g/mol. The molecule has 0 spiro atoms. The average Bonchev–Trinajstić information content (AvgIpc) is 3.13. The summed E-state index contributed by atoms with van der Waals surface area (Å²) in [5.74, 6) is -2.67. The molecule has 1 aliphatic rings. The number of hydrogen-bond acceptors (Lipinski definition) is 3. The lowest BCUT2D eigenvalue weighted by atomic mass is 10.0. The number of amides is 1. The van der Waals surface area contributed by atoms with Crippen molar-refractivity contribution in [3.05, 3.63) is 77.4 Å². The molecule has 3 rings (SSSR count). The first-order valence-electron chi connectivity index (χ1n) is 8.81. The molecule has 1 unspecified atom stereocenters. The fourth-order valence-electron chi connectivity index (χ4n) is 3.36. The molecule has 7 heteroatoms. The molecule has 1 aliphatic heterocycles. The van der Waals surface area contributed by atoms with Crippen LogP contribution in [0.25, 0.3) is 5.57 Å². The number of carbonyl (C=O) groups excluding carboxylic acids is 1. The Balaban J connectivity index is 1.99. The monoisotopic (exact) mass is 386 g/mol. The molecule has 2 atom stereocenters. The molecular weight excluding hydrogens is 366 g/mol. The Kier molecular flexibility index (Phi) is 5.84. The SMILES string of the molecule is CN[C@@H](CC(=O)O)C(=O)N1CC(c2cc(F)ccc2F)=CC1c1ccccc1. The second-order valence-corrected chi connectivity index (χ2v) is 6.58. The summed E-state index contributed by atoms with van der Waals surface area (Å²) in [6.07, 6.45) is 1.34. The van der Waals surface area contributed by atoms with Crippen molar-refractivity contribution >= 4 is 17.4 Å². The summed E-state index contributed by atoms with van der Waals surface area (Å²) >= 11 is 0. The number of carboxylic acids is 1. The lowest BCUT2D eigenvalue weighted by molar-refractivity contribution is -0.142. The minimum Gasteiger partial charge on any atom is -0.481 e. The third-order valence-corrected chi connectivity index (χ3v) is 4.76. The van der Waals surface area contributed by atoms with Crippen molar-refractivity contribution < 1.29 is 23.5 Å². The Morgan fingerprint density at radius 2 is 1.93 bits per heavy atom. The molecule has 0 aliphatic carbocycles. The van der Waals surface area contributed by atoms with Crippen LogP contribution in [0.1, 0.15) is 23.6 Å². The quantitative estimate of drug-likeness (QED) is 0.801. The predicted octanol–water partition coefficient (Wildman–Crippen LogP) is 2.99. The van der Waals surface area contributed by atoms with Crippen molar-refractivity contribution in [2.75, 3.05) is 13.6 Å². The Morgan fingerprint density at radius 3 is 2.57 bits per heavy atom. The van der Waals surface area contributed by atoms with Crippen molar-refractivity contribution in [3.63, 3.8) is 0 Å². The summed E-state index contributed by atoms with van der Waals surface area (Å²) in [6, 6.07) is 10.9. The number of benzene rings is 2. The van der Waals surface area contributed by atoms with E-state index < -0.39 is 35.6 Å². The maximum absolute atomic E-state index is 14.3. The van der Waals surface area contributed by atoms with E-state index in [1.54, 1.807) is 6.08 Å². The molecule has 2 aromatic carbocycles. The summed E-state index contributed by atoms with van der Waals surface area (Å²) < 4.78 is 27.9. The van der Waals surface area contributed by atoms with Crippen LogP contribution >= 0.6 is 0 Å². The molecule has 5 nitrogen and oxygen atoms in total. The second-order valence-electron chi connectivity index (χ2n) is 6.58. The van der Waals surface area contributed by atoms with E-state index in [1.807, 2.05) is 30.3 Å². The number of nitrogens with zero attached hydrogens (tertiary/aromatic N) is 1. The molecule has 2 N–H and O–H groups in total. The van der Waals surface area contributed by atoms with Crippen LogP contribution in [0.2, 0.25) is 0 Å². The molecule has 146 valence electrons. The minimum absolute atomic E-state index is 0.0521. The number of hydrogen-bond donors (Lipinski definition) is 2. The Hall–Kier alpha value is -3.06. The van der Waals surface area contributed by atoms with Crippen LogP contribution in [0.15, 0.2) is 54.6 Å². The van der Waals surface area contributed by atoms with Gasteiger partial charge in [0.05, 0.1) is 18.5 Å². The van der Waals surface area contributed by atoms with Crippen LogP contribution in [0.3, 0.4) is 0 Å². The van der Waals surface area contributed by atoms with Crippen LogP contribution in [-0.2, 0) is 9.59 Å². The molecule has 0 radical (unpaired) electrons. The number of carboxylic acid groups (broad SMARTS) is 1. The maximum Gasteiger partial charge on any atom is 0.305 e. The summed E-state index contributed by atoms with van der Waals surface area (Å²) in [5, 5.41) is 11.8. The zero-order chi connectivity index (χ0) is 20.3. The van der Waals surface area contributed by atoms with Gasteiger partial charge in [-0.1, -0.05) is 36.4 Å². The molecule has 2 aromatic rings. The van der Waals surface area contributed by atoms with E-state index in [0.717, 1.165) is 23.8 Å². The topological polar surface area (TPSA) is 69.6 Å². The van der Waals surface area contributed by atoms with Gasteiger partial charge in [-0.3, -0.25) is 9.59 Å². The molecule has 0 saturated heterocycles. The Labute approximate surface area is 161 Å². The van der Waals surface area contributed by atoms with E-state index in [1.165, 1.54) is 11.9 Å². The molecular formula is C21H20F2N2O3. The first-order chi connectivity index (χ1) is 13.4. The highest BCUT2D eigenvalue weighted by atomic mass is 19.1. The normalized spacial score (nSPS) is 17.3. The van der Waals surface area contributed by atoms with E-state index in [9.17, 15) is 18.4 Å². The van der Waals surface area contributed by atoms with Crippen molar-refractivity contribution in [2.24, 2.45) is 0 Å². The van der Waals surface area contributed by atoms with Gasteiger partial charge >= 0.3 is 5.97 Å². The first-order valence-corrected chi connectivity index (χ1v) is 8.81. The van der Waals surface area contributed by atoms with Crippen molar-refractivity contribution in [2.45, 2.75) is 18.5 Å². The first kappa shape index (κ1) is 19.7. The third kappa shape index (κ3) is 4.09. The van der Waals surface area contributed by atoms with Crippen molar-refractivity contribution in [1.82, 2.24) is 10.2 Å². The molecule has 0 aromatic heterocycles. The van der Waals surface area contributed by atoms with Crippen LogP contribution in [0.4, 0.5) is 8.78 Å². The Bertz CT molecular complexity index is 915. The second kappa shape index (κ2) is 8.31. The summed E-state index contributed by atoms with van der Waals surface area (Å²) in [4.78, 5) is 25.6. The molecule has 0 saturated carbocycles.